The zero-order valence-electron chi connectivity index (χ0n) is 11.8. The molecule has 0 spiro atoms. The summed E-state index contributed by atoms with van der Waals surface area (Å²) in [6, 6.07) is 28.4. The van der Waals surface area contributed by atoms with Crippen molar-refractivity contribution in [3.63, 3.8) is 0 Å². The van der Waals surface area contributed by atoms with Crippen molar-refractivity contribution in [1.82, 2.24) is 0 Å². The summed E-state index contributed by atoms with van der Waals surface area (Å²) in [4.78, 5) is 0. The van der Waals surface area contributed by atoms with Gasteiger partial charge in [0.2, 0.25) is 0 Å². The molecule has 0 nitrogen and oxygen atoms in total. The Labute approximate surface area is 137 Å². The summed E-state index contributed by atoms with van der Waals surface area (Å²) >= 11 is 0. The van der Waals surface area contributed by atoms with Crippen molar-refractivity contribution in [1.29, 1.82) is 0 Å². The van der Waals surface area contributed by atoms with E-state index in [-0.39, 0.29) is 17.1 Å². The Morgan fingerprint density at radius 3 is 2.05 bits per heavy atom. The molecule has 3 aromatic rings. The third-order valence-corrected chi connectivity index (χ3v) is 2.87. The second-order valence-electron chi connectivity index (χ2n) is 4.41. The van der Waals surface area contributed by atoms with Gasteiger partial charge in [0.05, 0.1) is 0 Å². The van der Waals surface area contributed by atoms with Crippen LogP contribution in [0.5, 0.6) is 0 Å². The van der Waals surface area contributed by atoms with Gasteiger partial charge >= 0.3 is 17.1 Å². The van der Waals surface area contributed by atoms with Gasteiger partial charge in [-0.25, -0.2) is 12.1 Å². The third-order valence-electron chi connectivity index (χ3n) is 2.87. The van der Waals surface area contributed by atoms with Crippen LogP contribution < -0.4 is 0 Å². The average molecular weight is 314 g/mol. The molecule has 3 aromatic carbocycles. The molecule has 0 saturated heterocycles. The van der Waals surface area contributed by atoms with E-state index < -0.39 is 0 Å². The quantitative estimate of drug-likeness (QED) is 0.338. The van der Waals surface area contributed by atoms with Gasteiger partial charge in [-0.3, -0.25) is 0 Å². The number of rotatable bonds is 3. The van der Waals surface area contributed by atoms with Gasteiger partial charge in [0.15, 0.2) is 0 Å². The van der Waals surface area contributed by atoms with Crippen molar-refractivity contribution in [2.75, 3.05) is 0 Å². The van der Waals surface area contributed by atoms with Gasteiger partial charge in [-0.2, -0.15) is 36.9 Å². The van der Waals surface area contributed by atoms with Crippen LogP contribution in [0.15, 0.2) is 97.6 Å². The van der Waals surface area contributed by atoms with Crippen LogP contribution in [0.3, 0.4) is 0 Å². The first-order valence-electron chi connectivity index (χ1n) is 6.67. The van der Waals surface area contributed by atoms with Gasteiger partial charge in [0.1, 0.15) is 0 Å². The SMILES string of the molecule is C=C(C=Cc1ccccc1)[c-]1cccc1.[Fe+2].c1cc[cH-]c1. The molecule has 0 heterocycles. The van der Waals surface area contributed by atoms with Crippen LogP contribution >= 0.6 is 0 Å². The van der Waals surface area contributed by atoms with Crippen LogP contribution in [0.25, 0.3) is 11.6 Å². The smallest absolute Gasteiger partial charge is 0.214 e. The van der Waals surface area contributed by atoms with E-state index >= 15 is 0 Å². The first-order valence-corrected chi connectivity index (χ1v) is 6.67. The van der Waals surface area contributed by atoms with Crippen LogP contribution in [-0.2, 0) is 17.1 Å². The summed E-state index contributed by atoms with van der Waals surface area (Å²) in [6.45, 7) is 4.03. The van der Waals surface area contributed by atoms with Crippen LogP contribution in [0.4, 0.5) is 0 Å². The van der Waals surface area contributed by atoms with Gasteiger partial charge < -0.3 is 0 Å². The second kappa shape index (κ2) is 9.77. The molecule has 0 aliphatic rings. The van der Waals surface area contributed by atoms with Crippen molar-refractivity contribution >= 4 is 11.6 Å². The maximum atomic E-state index is 4.03. The molecule has 0 radical (unpaired) electrons. The molecule has 3 rings (SSSR count). The molecule has 0 amide bonds. The summed E-state index contributed by atoms with van der Waals surface area (Å²) in [5.74, 6) is 0. The molecule has 0 aliphatic heterocycles. The van der Waals surface area contributed by atoms with E-state index in [9.17, 15) is 0 Å². The summed E-state index contributed by atoms with van der Waals surface area (Å²) in [5, 5.41) is 0. The first kappa shape index (κ1) is 17.0. The molecule has 0 bridgehead atoms. The normalized spacial score (nSPS) is 9.52. The molecule has 0 aliphatic carbocycles. The van der Waals surface area contributed by atoms with E-state index in [1.54, 1.807) is 0 Å². The van der Waals surface area contributed by atoms with Gasteiger partial charge in [-0.1, -0.05) is 42.0 Å². The fourth-order valence-electron chi connectivity index (χ4n) is 1.77. The monoisotopic (exact) mass is 314 g/mol. The molecule has 0 saturated carbocycles. The fraction of sp³-hybridized carbons (Fsp3) is 0. The van der Waals surface area contributed by atoms with E-state index in [0.717, 1.165) is 5.57 Å². The van der Waals surface area contributed by atoms with Crippen LogP contribution in [-0.4, -0.2) is 0 Å². The molecular weight excluding hydrogens is 296 g/mol. The Morgan fingerprint density at radius 1 is 0.905 bits per heavy atom. The minimum atomic E-state index is 0. The van der Waals surface area contributed by atoms with Crippen LogP contribution in [0, 0.1) is 0 Å². The summed E-state index contributed by atoms with van der Waals surface area (Å²) < 4.78 is 0. The molecule has 1 heteroatoms. The molecular formula is C20H18Fe. The van der Waals surface area contributed by atoms with Crippen molar-refractivity contribution in [3.05, 3.63) is 109 Å². The molecule has 0 unspecified atom stereocenters. The molecule has 0 fully saturated rings. The van der Waals surface area contributed by atoms with E-state index in [0.29, 0.717) is 0 Å². The Kier molecular flexibility index (Phi) is 7.89. The molecule has 21 heavy (non-hydrogen) atoms. The van der Waals surface area contributed by atoms with Gasteiger partial charge in [-0.05, 0) is 5.56 Å². The zero-order chi connectivity index (χ0) is 14.0. The Morgan fingerprint density at radius 2 is 1.52 bits per heavy atom. The molecule has 0 N–H and O–H groups in total. The second-order valence-corrected chi connectivity index (χ2v) is 4.41. The van der Waals surface area contributed by atoms with E-state index in [2.05, 4.69) is 36.9 Å². The number of benzene rings is 1. The topological polar surface area (TPSA) is 0 Å². The maximum absolute atomic E-state index is 4.03. The third kappa shape index (κ3) is 6.27. The average Bonchev–Trinajstić information content (AvgIpc) is 3.20. The fourth-order valence-corrected chi connectivity index (χ4v) is 1.77. The number of allylic oxidation sites excluding steroid dienone is 2. The predicted octanol–water partition coefficient (Wildman–Crippen LogP) is 5.54. The van der Waals surface area contributed by atoms with Crippen molar-refractivity contribution < 1.29 is 17.1 Å². The Hall–Kier alpha value is -2.08. The first-order chi connectivity index (χ1) is 9.86. The van der Waals surface area contributed by atoms with Crippen molar-refractivity contribution in [2.24, 2.45) is 0 Å². The van der Waals surface area contributed by atoms with Gasteiger partial charge in [0.25, 0.3) is 0 Å². The Bertz CT molecular complexity index is 597. The number of hydrogen-bond donors (Lipinski definition) is 0. The molecule has 106 valence electrons. The predicted molar refractivity (Wildman–Crippen MR) is 88.6 cm³/mol. The van der Waals surface area contributed by atoms with Crippen molar-refractivity contribution in [3.8, 4) is 0 Å². The van der Waals surface area contributed by atoms with Crippen LogP contribution in [0.2, 0.25) is 0 Å². The van der Waals surface area contributed by atoms with Crippen LogP contribution in [0.1, 0.15) is 11.1 Å². The summed E-state index contributed by atoms with van der Waals surface area (Å²) in [7, 11) is 0. The van der Waals surface area contributed by atoms with E-state index in [1.165, 1.54) is 11.1 Å². The minimum absolute atomic E-state index is 0. The molecule has 0 atom stereocenters. The van der Waals surface area contributed by atoms with Crippen molar-refractivity contribution in [2.45, 2.75) is 0 Å². The van der Waals surface area contributed by atoms with E-state index in [4.69, 9.17) is 0 Å². The standard InChI is InChI=1S/C15H13.C5H5.Fe/c1-13(15-9-5-6-10-15)11-12-14-7-3-2-4-8-14;1-2-4-5-3-1;/h2-12H,1H2;1-5H;/q2*-1;+2. The summed E-state index contributed by atoms with van der Waals surface area (Å²) in [5.41, 5.74) is 3.43. The molecule has 0 aromatic heterocycles. The van der Waals surface area contributed by atoms with Gasteiger partial charge in [-0.15, -0.1) is 23.8 Å². The largest absolute Gasteiger partial charge is 2.00 e. The maximum Gasteiger partial charge on any atom is 2.00 e. The minimum Gasteiger partial charge on any atom is -0.214 e. The summed E-state index contributed by atoms with van der Waals surface area (Å²) in [6.07, 6.45) is 4.12. The Balaban J connectivity index is 0.000000313. The van der Waals surface area contributed by atoms with E-state index in [1.807, 2.05) is 66.7 Å². The zero-order valence-corrected chi connectivity index (χ0v) is 12.9. The van der Waals surface area contributed by atoms with Gasteiger partial charge in [0, 0.05) is 0 Å². The number of hydrogen-bond acceptors (Lipinski definition) is 0.